The van der Waals surface area contributed by atoms with E-state index in [0.29, 0.717) is 17.5 Å². The summed E-state index contributed by atoms with van der Waals surface area (Å²) < 4.78 is 0. The summed E-state index contributed by atoms with van der Waals surface area (Å²) in [6.07, 6.45) is 7.80. The van der Waals surface area contributed by atoms with Crippen LogP contribution in [0.15, 0.2) is 152 Å². The predicted octanol–water partition coefficient (Wildman–Crippen LogP) is 5.02. The third-order valence-electron chi connectivity index (χ3n) is 8.20. The Hall–Kier alpha value is -5.59. The maximum atomic E-state index is 5.02. The van der Waals surface area contributed by atoms with Crippen LogP contribution in [0.2, 0.25) is 0 Å². The van der Waals surface area contributed by atoms with Gasteiger partial charge in [-0.05, 0) is 32.9 Å². The Balaban J connectivity index is 1.38. The van der Waals surface area contributed by atoms with Crippen LogP contribution in [0.5, 0.6) is 0 Å². The van der Waals surface area contributed by atoms with Gasteiger partial charge in [-0.1, -0.05) is 115 Å². The van der Waals surface area contributed by atoms with Crippen LogP contribution >= 0.6 is 0 Å². The largest absolute Gasteiger partial charge is 0.264 e. The zero-order chi connectivity index (χ0) is 28.6. The second-order valence-electron chi connectivity index (χ2n) is 10.6. The normalized spacial score (nSPS) is 12.8. The van der Waals surface area contributed by atoms with Crippen LogP contribution in [0.25, 0.3) is 45.3 Å². The molecule has 1 aliphatic rings. The van der Waals surface area contributed by atoms with Crippen LogP contribution in [-0.2, 0) is 0 Å². The van der Waals surface area contributed by atoms with Crippen LogP contribution in [-0.4, -0.2) is 33.0 Å². The van der Waals surface area contributed by atoms with Gasteiger partial charge in [-0.25, -0.2) is 15.0 Å². The molecule has 0 saturated heterocycles. The van der Waals surface area contributed by atoms with Gasteiger partial charge in [0.15, 0.2) is 25.5 Å². The first-order valence-electron chi connectivity index (χ1n) is 14.2. The third-order valence-corrected chi connectivity index (χ3v) is 13.1. The molecular formula is C37H25N5Si. The lowest BCUT2D eigenvalue weighted by Gasteiger charge is -2.31. The van der Waals surface area contributed by atoms with Crippen molar-refractivity contribution >= 4 is 28.8 Å². The summed E-state index contributed by atoms with van der Waals surface area (Å²) in [6.45, 7) is 0. The van der Waals surface area contributed by atoms with Gasteiger partial charge >= 0.3 is 0 Å². The molecule has 0 fully saturated rings. The SMILES string of the molecule is c1ccc(-c2nc(-c3ccccc3)nc(-c3cccc([Si]4(c5ccccc5)c5ccncc5-c5cnccc54)c3)n2)cc1. The van der Waals surface area contributed by atoms with Crippen LogP contribution in [0.4, 0.5) is 0 Å². The van der Waals surface area contributed by atoms with E-state index in [1.165, 1.54) is 20.7 Å². The number of rotatable bonds is 5. The molecule has 3 aromatic heterocycles. The second-order valence-corrected chi connectivity index (χ2v) is 14.3. The Labute approximate surface area is 250 Å². The van der Waals surface area contributed by atoms with Crippen molar-refractivity contribution in [1.82, 2.24) is 24.9 Å². The van der Waals surface area contributed by atoms with Crippen molar-refractivity contribution in [1.29, 1.82) is 0 Å². The van der Waals surface area contributed by atoms with Crippen LogP contribution in [0.1, 0.15) is 0 Å². The van der Waals surface area contributed by atoms with Crippen molar-refractivity contribution < 1.29 is 0 Å². The average Bonchev–Trinajstić information content (AvgIpc) is 3.40. The predicted molar refractivity (Wildman–Crippen MR) is 174 cm³/mol. The first kappa shape index (κ1) is 25.1. The summed E-state index contributed by atoms with van der Waals surface area (Å²) >= 11 is 0. The fraction of sp³-hybridized carbons (Fsp3) is 0. The lowest BCUT2D eigenvalue weighted by Crippen LogP contribution is -2.72. The van der Waals surface area contributed by atoms with Crippen LogP contribution in [0.3, 0.4) is 0 Å². The van der Waals surface area contributed by atoms with E-state index in [9.17, 15) is 0 Å². The summed E-state index contributed by atoms with van der Waals surface area (Å²) in [5, 5.41) is 5.21. The minimum Gasteiger partial charge on any atom is -0.264 e. The zero-order valence-electron chi connectivity index (χ0n) is 23.2. The minimum absolute atomic E-state index is 0.648. The van der Waals surface area contributed by atoms with Gasteiger partial charge in [-0.2, -0.15) is 0 Å². The van der Waals surface area contributed by atoms with Crippen molar-refractivity contribution in [3.05, 3.63) is 152 Å². The van der Waals surface area contributed by atoms with Gasteiger partial charge in [0, 0.05) is 52.6 Å². The molecule has 0 radical (unpaired) electrons. The molecule has 0 aliphatic carbocycles. The van der Waals surface area contributed by atoms with Gasteiger partial charge in [0.2, 0.25) is 0 Å². The average molecular weight is 568 g/mol. The highest BCUT2D eigenvalue weighted by atomic mass is 28.3. The summed E-state index contributed by atoms with van der Waals surface area (Å²) in [4.78, 5) is 24.0. The lowest BCUT2D eigenvalue weighted by molar-refractivity contribution is 1.07. The number of benzene rings is 4. The van der Waals surface area contributed by atoms with Crippen LogP contribution < -0.4 is 20.7 Å². The molecule has 0 bridgehead atoms. The summed E-state index contributed by atoms with van der Waals surface area (Å²) in [7, 11) is -2.70. The summed E-state index contributed by atoms with van der Waals surface area (Å²) in [5.41, 5.74) is 5.17. The number of pyridine rings is 2. The zero-order valence-corrected chi connectivity index (χ0v) is 24.2. The molecular weight excluding hydrogens is 543 g/mol. The summed E-state index contributed by atoms with van der Waals surface area (Å²) in [5.74, 6) is 1.95. The highest BCUT2D eigenvalue weighted by molar-refractivity contribution is 7.22. The molecule has 0 unspecified atom stereocenters. The molecule has 0 saturated carbocycles. The van der Waals surface area contributed by atoms with Gasteiger partial charge in [0.25, 0.3) is 0 Å². The highest BCUT2D eigenvalue weighted by Gasteiger charge is 2.48. The first-order chi connectivity index (χ1) is 21.3. The van der Waals surface area contributed by atoms with Crippen molar-refractivity contribution in [3.63, 3.8) is 0 Å². The monoisotopic (exact) mass is 567 g/mol. The van der Waals surface area contributed by atoms with Crippen molar-refractivity contribution in [2.45, 2.75) is 0 Å². The van der Waals surface area contributed by atoms with E-state index in [4.69, 9.17) is 15.0 Å². The summed E-state index contributed by atoms with van der Waals surface area (Å²) in [6, 6.07) is 44.3. The van der Waals surface area contributed by atoms with E-state index in [1.807, 2.05) is 85.5 Å². The highest BCUT2D eigenvalue weighted by Crippen LogP contribution is 2.29. The van der Waals surface area contributed by atoms with Crippen molar-refractivity contribution in [2.75, 3.05) is 0 Å². The van der Waals surface area contributed by atoms with Gasteiger partial charge < -0.3 is 0 Å². The standard InChI is InChI=1S/C37H25N5Si/c1-4-11-26(12-5-1)35-40-36(27-13-6-2-7-14-27)42-37(41-35)28-15-10-18-30(23-28)43(29-16-8-3-9-17-29)33-19-21-38-24-31(33)32-25-39-22-20-34(32)43/h1-25H. The Bertz CT molecular complexity index is 1980. The van der Waals surface area contributed by atoms with E-state index in [0.717, 1.165) is 27.8 Å². The van der Waals surface area contributed by atoms with E-state index in [1.54, 1.807) is 0 Å². The second kappa shape index (κ2) is 10.3. The number of nitrogens with zero attached hydrogens (tertiary/aromatic N) is 5. The van der Waals surface area contributed by atoms with E-state index >= 15 is 0 Å². The molecule has 0 spiro atoms. The van der Waals surface area contributed by atoms with Gasteiger partial charge in [0.05, 0.1) is 0 Å². The number of hydrogen-bond acceptors (Lipinski definition) is 5. The Morgan fingerprint density at radius 3 is 1.37 bits per heavy atom. The van der Waals surface area contributed by atoms with E-state index in [2.05, 4.69) is 76.7 Å². The topological polar surface area (TPSA) is 64.5 Å². The molecule has 0 N–H and O–H groups in total. The molecule has 202 valence electrons. The number of fused-ring (bicyclic) bond motifs is 3. The van der Waals surface area contributed by atoms with E-state index < -0.39 is 8.07 Å². The molecule has 0 atom stereocenters. The molecule has 4 heterocycles. The quantitative estimate of drug-likeness (QED) is 0.273. The Kier molecular flexibility index (Phi) is 6.05. The fourth-order valence-corrected chi connectivity index (χ4v) is 11.5. The molecule has 8 rings (SSSR count). The van der Waals surface area contributed by atoms with Crippen LogP contribution in [0, 0.1) is 0 Å². The Morgan fingerprint density at radius 1 is 0.395 bits per heavy atom. The third kappa shape index (κ3) is 4.11. The molecule has 0 amide bonds. The lowest BCUT2D eigenvalue weighted by atomic mass is 10.1. The number of hydrogen-bond donors (Lipinski definition) is 0. The first-order valence-corrected chi connectivity index (χ1v) is 16.2. The molecule has 4 aromatic carbocycles. The van der Waals surface area contributed by atoms with Gasteiger partial charge in [-0.3, -0.25) is 9.97 Å². The molecule has 43 heavy (non-hydrogen) atoms. The maximum absolute atomic E-state index is 5.02. The molecule has 7 aromatic rings. The molecule has 5 nitrogen and oxygen atoms in total. The molecule has 6 heteroatoms. The fourth-order valence-electron chi connectivity index (χ4n) is 6.32. The van der Waals surface area contributed by atoms with Gasteiger partial charge in [-0.15, -0.1) is 0 Å². The van der Waals surface area contributed by atoms with Crippen molar-refractivity contribution in [2.24, 2.45) is 0 Å². The van der Waals surface area contributed by atoms with Gasteiger partial charge in [0.1, 0.15) is 0 Å². The number of aromatic nitrogens is 5. The van der Waals surface area contributed by atoms with E-state index in [-0.39, 0.29) is 0 Å². The van der Waals surface area contributed by atoms with Crippen molar-refractivity contribution in [3.8, 4) is 45.3 Å². The smallest absolute Gasteiger partial charge is 0.181 e. The Morgan fingerprint density at radius 2 is 0.837 bits per heavy atom. The maximum Gasteiger partial charge on any atom is 0.181 e. The molecule has 1 aliphatic heterocycles. The minimum atomic E-state index is -2.70.